The average molecular weight is 219 g/mol. The van der Waals surface area contributed by atoms with Crippen LogP contribution in [0.25, 0.3) is 0 Å². The lowest BCUT2D eigenvalue weighted by Crippen LogP contribution is -2.37. The molecule has 0 aromatic carbocycles. The highest BCUT2D eigenvalue weighted by molar-refractivity contribution is 5.98. The molecule has 1 atom stereocenters. The van der Waals surface area contributed by atoms with Gasteiger partial charge in [-0.3, -0.25) is 9.59 Å². The maximum absolute atomic E-state index is 11.7. The number of rotatable bonds is 2. The number of carbonyl (C=O) groups excluding carboxylic acids is 2. The second kappa shape index (κ2) is 4.30. The molecule has 5 heteroatoms. The first-order chi connectivity index (χ1) is 7.65. The summed E-state index contributed by atoms with van der Waals surface area (Å²) in [6.07, 6.45) is 2.65. The summed E-state index contributed by atoms with van der Waals surface area (Å²) in [6.45, 7) is 1.93. The summed E-state index contributed by atoms with van der Waals surface area (Å²) in [5.41, 5.74) is 1.03. The molecule has 16 heavy (non-hydrogen) atoms. The molecule has 1 aromatic rings. The zero-order chi connectivity index (χ0) is 11.5. The van der Waals surface area contributed by atoms with Gasteiger partial charge in [0.15, 0.2) is 0 Å². The highest BCUT2D eigenvalue weighted by Gasteiger charge is 2.27. The van der Waals surface area contributed by atoms with Crippen molar-refractivity contribution in [3.8, 4) is 0 Å². The minimum Gasteiger partial charge on any atom is -0.344 e. The van der Waals surface area contributed by atoms with Crippen LogP contribution < -0.4 is 10.6 Å². The molecule has 1 fully saturated rings. The first-order valence-corrected chi connectivity index (χ1v) is 5.18. The number of pyridine rings is 1. The summed E-state index contributed by atoms with van der Waals surface area (Å²) in [4.78, 5) is 26.7. The first-order valence-electron chi connectivity index (χ1n) is 5.18. The van der Waals surface area contributed by atoms with Crippen molar-refractivity contribution < 1.29 is 9.59 Å². The zero-order valence-electron chi connectivity index (χ0n) is 8.99. The molecule has 2 amide bonds. The van der Waals surface area contributed by atoms with Gasteiger partial charge < -0.3 is 10.6 Å². The fourth-order valence-corrected chi connectivity index (χ4v) is 1.57. The third-order valence-electron chi connectivity index (χ3n) is 2.47. The molecule has 0 radical (unpaired) electrons. The van der Waals surface area contributed by atoms with Gasteiger partial charge >= 0.3 is 0 Å². The summed E-state index contributed by atoms with van der Waals surface area (Å²) >= 11 is 0. The van der Waals surface area contributed by atoms with Gasteiger partial charge in [-0.25, -0.2) is 4.98 Å². The molecule has 1 aliphatic heterocycles. The van der Waals surface area contributed by atoms with Crippen molar-refractivity contribution in [3.63, 3.8) is 0 Å². The van der Waals surface area contributed by atoms with Crippen LogP contribution in [0.3, 0.4) is 0 Å². The molecule has 1 aromatic heterocycles. The maximum atomic E-state index is 11.7. The number of nitrogens with one attached hydrogen (secondary N) is 2. The van der Waals surface area contributed by atoms with E-state index in [2.05, 4.69) is 15.6 Å². The van der Waals surface area contributed by atoms with Crippen molar-refractivity contribution in [2.24, 2.45) is 0 Å². The van der Waals surface area contributed by atoms with Crippen molar-refractivity contribution in [2.45, 2.75) is 25.8 Å². The Kier molecular flexibility index (Phi) is 2.85. The third-order valence-corrected chi connectivity index (χ3v) is 2.47. The second-order valence-electron chi connectivity index (χ2n) is 3.87. The Hall–Kier alpha value is -1.91. The molecular formula is C11H13N3O2. The van der Waals surface area contributed by atoms with Crippen molar-refractivity contribution in [2.75, 3.05) is 5.32 Å². The van der Waals surface area contributed by atoms with E-state index in [4.69, 9.17) is 0 Å². The van der Waals surface area contributed by atoms with Gasteiger partial charge in [-0.15, -0.1) is 0 Å². The van der Waals surface area contributed by atoms with Crippen LogP contribution in [0.5, 0.6) is 0 Å². The lowest BCUT2D eigenvalue weighted by Gasteiger charge is -2.10. The van der Waals surface area contributed by atoms with E-state index in [1.54, 1.807) is 12.3 Å². The molecule has 1 saturated heterocycles. The fraction of sp³-hybridized carbons (Fsp3) is 0.364. The molecule has 0 aliphatic carbocycles. The smallest absolute Gasteiger partial charge is 0.248 e. The second-order valence-corrected chi connectivity index (χ2v) is 3.87. The van der Waals surface area contributed by atoms with E-state index in [0.717, 1.165) is 5.56 Å². The van der Waals surface area contributed by atoms with E-state index in [0.29, 0.717) is 18.7 Å². The third kappa shape index (κ3) is 2.36. The van der Waals surface area contributed by atoms with Crippen LogP contribution in [0.4, 0.5) is 5.82 Å². The Balaban J connectivity index is 1.97. The molecule has 2 N–H and O–H groups in total. The molecule has 2 rings (SSSR count). The van der Waals surface area contributed by atoms with E-state index >= 15 is 0 Å². The van der Waals surface area contributed by atoms with Crippen LogP contribution in [0.2, 0.25) is 0 Å². The number of amides is 2. The lowest BCUT2D eigenvalue weighted by atomic mass is 10.2. The molecule has 0 saturated carbocycles. The summed E-state index contributed by atoms with van der Waals surface area (Å²) in [5, 5.41) is 5.27. The van der Waals surface area contributed by atoms with E-state index in [1.165, 1.54) is 0 Å². The molecule has 2 heterocycles. The van der Waals surface area contributed by atoms with Crippen LogP contribution in [0, 0.1) is 6.92 Å². The van der Waals surface area contributed by atoms with E-state index in [-0.39, 0.29) is 11.8 Å². The van der Waals surface area contributed by atoms with Crippen LogP contribution >= 0.6 is 0 Å². The Bertz CT molecular complexity index is 414. The summed E-state index contributed by atoms with van der Waals surface area (Å²) in [7, 11) is 0. The van der Waals surface area contributed by atoms with Gasteiger partial charge in [0.05, 0.1) is 0 Å². The van der Waals surface area contributed by atoms with Crippen molar-refractivity contribution in [3.05, 3.63) is 23.9 Å². The van der Waals surface area contributed by atoms with E-state index in [1.807, 2.05) is 13.0 Å². The SMILES string of the molecule is Cc1ccc(NC(=O)C2CCC(=O)N2)nc1. The van der Waals surface area contributed by atoms with Gasteiger partial charge in [-0.05, 0) is 25.0 Å². The summed E-state index contributed by atoms with van der Waals surface area (Å²) in [6, 6.07) is 3.19. The minimum atomic E-state index is -0.421. The maximum Gasteiger partial charge on any atom is 0.248 e. The van der Waals surface area contributed by atoms with Crippen molar-refractivity contribution in [1.29, 1.82) is 0 Å². The Labute approximate surface area is 93.3 Å². The quantitative estimate of drug-likeness (QED) is 0.765. The number of hydrogen-bond acceptors (Lipinski definition) is 3. The van der Waals surface area contributed by atoms with Crippen LogP contribution in [-0.2, 0) is 9.59 Å². The number of anilines is 1. The summed E-state index contributed by atoms with van der Waals surface area (Å²) in [5.74, 6) is 0.232. The predicted molar refractivity (Wildman–Crippen MR) is 58.8 cm³/mol. The topological polar surface area (TPSA) is 71.1 Å². The molecule has 0 spiro atoms. The number of hydrogen-bond donors (Lipinski definition) is 2. The molecule has 1 unspecified atom stereocenters. The van der Waals surface area contributed by atoms with E-state index in [9.17, 15) is 9.59 Å². The monoisotopic (exact) mass is 219 g/mol. The van der Waals surface area contributed by atoms with Crippen molar-refractivity contribution >= 4 is 17.6 Å². The van der Waals surface area contributed by atoms with Gasteiger partial charge in [-0.2, -0.15) is 0 Å². The standard InChI is InChI=1S/C11H13N3O2/c1-7-2-4-9(12-6-7)14-11(16)8-3-5-10(15)13-8/h2,4,6,8H,3,5H2,1H3,(H,13,15)(H,12,14,16). The van der Waals surface area contributed by atoms with Crippen LogP contribution in [0.15, 0.2) is 18.3 Å². The minimum absolute atomic E-state index is 0.0722. The van der Waals surface area contributed by atoms with Crippen molar-refractivity contribution in [1.82, 2.24) is 10.3 Å². The molecule has 5 nitrogen and oxygen atoms in total. The largest absolute Gasteiger partial charge is 0.344 e. The van der Waals surface area contributed by atoms with Gasteiger partial charge in [0, 0.05) is 12.6 Å². The first kappa shape index (κ1) is 10.6. The fourth-order valence-electron chi connectivity index (χ4n) is 1.57. The normalized spacial score (nSPS) is 19.3. The Morgan fingerprint density at radius 3 is 2.94 bits per heavy atom. The van der Waals surface area contributed by atoms with Crippen LogP contribution in [0.1, 0.15) is 18.4 Å². The van der Waals surface area contributed by atoms with E-state index < -0.39 is 6.04 Å². The number of carbonyl (C=O) groups is 2. The highest BCUT2D eigenvalue weighted by atomic mass is 16.2. The van der Waals surface area contributed by atoms with Crippen LogP contribution in [-0.4, -0.2) is 22.8 Å². The zero-order valence-corrected chi connectivity index (χ0v) is 8.99. The Morgan fingerprint density at radius 1 is 1.56 bits per heavy atom. The number of aromatic nitrogens is 1. The average Bonchev–Trinajstić information content (AvgIpc) is 2.68. The van der Waals surface area contributed by atoms with Gasteiger partial charge in [0.2, 0.25) is 11.8 Å². The van der Waals surface area contributed by atoms with Gasteiger partial charge in [-0.1, -0.05) is 6.07 Å². The summed E-state index contributed by atoms with van der Waals surface area (Å²) < 4.78 is 0. The van der Waals surface area contributed by atoms with Gasteiger partial charge in [0.25, 0.3) is 0 Å². The predicted octanol–water partition coefficient (Wildman–Crippen LogP) is 0.607. The molecular weight excluding hydrogens is 206 g/mol. The number of aryl methyl sites for hydroxylation is 1. The highest BCUT2D eigenvalue weighted by Crippen LogP contribution is 2.10. The molecule has 84 valence electrons. The Morgan fingerprint density at radius 2 is 2.38 bits per heavy atom. The lowest BCUT2D eigenvalue weighted by molar-refractivity contribution is -0.122. The molecule has 1 aliphatic rings. The molecule has 0 bridgehead atoms. The number of nitrogens with zero attached hydrogens (tertiary/aromatic N) is 1. The van der Waals surface area contributed by atoms with Gasteiger partial charge in [0.1, 0.15) is 11.9 Å².